The van der Waals surface area contributed by atoms with E-state index in [-0.39, 0.29) is 131 Å². The van der Waals surface area contributed by atoms with Crippen molar-refractivity contribution in [3.8, 4) is 0 Å². The minimum absolute atomic E-state index is 0. The molecule has 0 bridgehead atoms. The first-order chi connectivity index (χ1) is 18.3. The standard InChI is InChI=1S/C7H7.4C6H18NSi2.2Gd.K/c1-2-4-6-7-5-3-1;4*1-8(2,3)7-9(4,5)6;;;/h1-7H;4*1-6H3;;;/q+1;4*-1;;;+1. The van der Waals surface area contributed by atoms with Crippen LogP contribution in [0.4, 0.5) is 0 Å². The molecule has 0 N–H and O–H groups in total. The van der Waals surface area contributed by atoms with Crippen LogP contribution in [0.15, 0.2) is 42.5 Å². The molecule has 0 fully saturated rings. The van der Waals surface area contributed by atoms with Gasteiger partial charge in [-0.25, -0.2) is 0 Å². The third-order valence-electron chi connectivity index (χ3n) is 3.46. The summed E-state index contributed by atoms with van der Waals surface area (Å²) < 4.78 is 19.3. The van der Waals surface area contributed by atoms with Gasteiger partial charge in [0.1, 0.15) is 0 Å². The molecular formula is C31H79Gd2KN4Si8-2. The first-order valence-electron chi connectivity index (χ1n) is 16.1. The van der Waals surface area contributed by atoms with Gasteiger partial charge in [-0.15, -0.1) is 0 Å². The zero-order chi connectivity index (χ0) is 35.8. The van der Waals surface area contributed by atoms with E-state index in [9.17, 15) is 0 Å². The van der Waals surface area contributed by atoms with E-state index in [4.69, 9.17) is 18.6 Å². The van der Waals surface area contributed by atoms with E-state index in [1.807, 2.05) is 42.5 Å². The molecule has 0 amide bonds. The van der Waals surface area contributed by atoms with Crippen molar-refractivity contribution in [1.82, 2.24) is 0 Å². The molecule has 1 aromatic rings. The Balaban J connectivity index is -0.0000000815. The quantitative estimate of drug-likeness (QED) is 0.184. The van der Waals surface area contributed by atoms with Crippen LogP contribution in [0.5, 0.6) is 0 Å². The molecule has 4 nitrogen and oxygen atoms in total. The minimum atomic E-state index is -1.11. The third kappa shape index (κ3) is 87.1. The molecule has 46 heavy (non-hydrogen) atoms. The second-order valence-electron chi connectivity index (χ2n) is 19.2. The zero-order valence-corrected chi connectivity index (χ0v) is 51.2. The summed E-state index contributed by atoms with van der Waals surface area (Å²) in [7, 11) is -8.85. The van der Waals surface area contributed by atoms with E-state index in [2.05, 4.69) is 157 Å². The monoisotopic (exact) mass is 1090 g/mol. The van der Waals surface area contributed by atoms with Crippen molar-refractivity contribution in [1.29, 1.82) is 0 Å². The smallest absolute Gasteiger partial charge is 0.668 e. The molecule has 15 heteroatoms. The molecule has 1 aromatic carbocycles. The van der Waals surface area contributed by atoms with Crippen molar-refractivity contribution in [3.05, 3.63) is 61.1 Å². The first kappa shape index (κ1) is 65.8. The summed E-state index contributed by atoms with van der Waals surface area (Å²) in [6.45, 7) is 55.1. The van der Waals surface area contributed by atoms with Crippen LogP contribution in [0, 0.1) is 79.9 Å². The second kappa shape index (κ2) is 29.3. The Morgan fingerprint density at radius 2 is 0.413 bits per heavy atom. The van der Waals surface area contributed by atoms with Gasteiger partial charge in [0.15, 0.2) is 0 Å². The van der Waals surface area contributed by atoms with E-state index in [0.717, 1.165) is 0 Å². The van der Waals surface area contributed by atoms with Crippen LogP contribution >= 0.6 is 0 Å². The molecule has 0 aliphatic rings. The summed E-state index contributed by atoms with van der Waals surface area (Å²) in [6, 6.07) is 14.0. The van der Waals surface area contributed by atoms with Crippen LogP contribution in [0.2, 0.25) is 157 Å². The van der Waals surface area contributed by atoms with Gasteiger partial charge in [0.2, 0.25) is 0 Å². The van der Waals surface area contributed by atoms with Gasteiger partial charge in [-0.1, -0.05) is 223 Å². The van der Waals surface area contributed by atoms with Crippen LogP contribution in [0.25, 0.3) is 18.6 Å². The van der Waals surface area contributed by atoms with Crippen LogP contribution in [0.3, 0.4) is 0 Å². The van der Waals surface area contributed by atoms with Crippen LogP contribution < -0.4 is 51.4 Å². The summed E-state index contributed by atoms with van der Waals surface area (Å²) in [6.07, 6.45) is 0. The van der Waals surface area contributed by atoms with Gasteiger partial charge in [0, 0.05) is 122 Å². The van der Waals surface area contributed by atoms with Crippen molar-refractivity contribution in [2.45, 2.75) is 157 Å². The van der Waals surface area contributed by atoms with Gasteiger partial charge in [0.25, 0.3) is 0 Å². The topological polar surface area (TPSA) is 56.4 Å². The predicted molar refractivity (Wildman–Crippen MR) is 231 cm³/mol. The Labute approximate surface area is 407 Å². The molecule has 0 radical (unpaired) electrons. The van der Waals surface area contributed by atoms with E-state index >= 15 is 0 Å². The van der Waals surface area contributed by atoms with Crippen LogP contribution in [-0.4, -0.2) is 65.9 Å². The molecule has 274 valence electrons. The fourth-order valence-electron chi connectivity index (χ4n) is 4.47. The molecule has 0 saturated heterocycles. The third-order valence-corrected chi connectivity index (χ3v) is 24.9. The molecular weight excluding hydrogens is 1010 g/mol. The summed E-state index contributed by atoms with van der Waals surface area (Å²) in [4.78, 5) is 0. The average molecular weight is 1090 g/mol. The molecule has 0 spiro atoms. The summed E-state index contributed by atoms with van der Waals surface area (Å²) >= 11 is 0. The zero-order valence-electron chi connectivity index (χ0n) is 35.5. The molecule has 0 unspecified atom stereocenters. The maximum atomic E-state index is 4.82. The normalized spacial score (nSPS) is 12.2. The van der Waals surface area contributed by atoms with Gasteiger partial charge in [-0.3, -0.25) is 0 Å². The van der Waals surface area contributed by atoms with E-state index in [1.54, 1.807) is 0 Å². The van der Waals surface area contributed by atoms with Crippen LogP contribution in [0.1, 0.15) is 0 Å². The van der Waals surface area contributed by atoms with Gasteiger partial charge in [-0.2, -0.15) is 0 Å². The Morgan fingerprint density at radius 3 is 0.500 bits per heavy atom. The Hall–Kier alpha value is 4.95. The largest absolute Gasteiger partial charge is 1.00 e. The number of hydrogen-bond donors (Lipinski definition) is 0. The van der Waals surface area contributed by atoms with Crippen molar-refractivity contribution < 1.29 is 131 Å². The second-order valence-corrected chi connectivity index (χ2v) is 57.5. The Bertz CT molecular complexity index is 636. The summed E-state index contributed by atoms with van der Waals surface area (Å²) in [5.41, 5.74) is 0. The number of hydrogen-bond acceptors (Lipinski definition) is 0. The first-order valence-corrected chi connectivity index (χ1v) is 43.7. The van der Waals surface area contributed by atoms with Crippen LogP contribution in [-0.2, 0) is 0 Å². The Kier molecular flexibility index (Phi) is 41.9. The van der Waals surface area contributed by atoms with Gasteiger partial charge in [-0.05, 0) is 0 Å². The maximum Gasteiger partial charge on any atom is 1.00 e. The van der Waals surface area contributed by atoms with Gasteiger partial charge in [0.05, 0.1) is 0 Å². The Morgan fingerprint density at radius 1 is 0.283 bits per heavy atom. The predicted octanol–water partition coefficient (Wildman–Crippen LogP) is 11.1. The van der Waals surface area contributed by atoms with Crippen molar-refractivity contribution in [2.24, 2.45) is 0 Å². The molecule has 0 aliphatic heterocycles. The van der Waals surface area contributed by atoms with E-state index in [0.29, 0.717) is 0 Å². The number of rotatable bonds is 8. The molecule has 0 aliphatic carbocycles. The summed E-state index contributed by atoms with van der Waals surface area (Å²) in [5, 5.41) is 0. The van der Waals surface area contributed by atoms with Gasteiger partial charge < -0.3 is 18.6 Å². The van der Waals surface area contributed by atoms with E-state index in [1.165, 1.54) is 0 Å². The fraction of sp³-hybridized carbons (Fsp3) is 0.774. The molecule has 1 rings (SSSR count). The SMILES string of the molecule is C[Si](C)(C)[N-][Si](C)(C)C.C[Si](C)(C)[N-][Si](C)(C)C.C[Si](C)(C)[N-][Si](C)(C)C.C[Si](C)(C)[N-][Si](C)(C)C.[Gd].[Gd].[K+].c1ccc[cH+]cc1. The van der Waals surface area contributed by atoms with Crippen molar-refractivity contribution in [3.63, 3.8) is 0 Å². The number of nitrogens with zero attached hydrogens (tertiary/aromatic N) is 4. The average Bonchev–Trinajstić information content (AvgIpc) is 2.82. The molecule has 0 heterocycles. The molecule has 0 aromatic heterocycles. The summed E-state index contributed by atoms with van der Waals surface area (Å²) in [5.74, 6) is 0. The molecule has 0 saturated carbocycles. The van der Waals surface area contributed by atoms with E-state index < -0.39 is 65.9 Å². The maximum absolute atomic E-state index is 4.82. The fourth-order valence-corrected chi connectivity index (χ4v) is 36.7. The van der Waals surface area contributed by atoms with Gasteiger partial charge >= 0.3 is 51.4 Å². The minimum Gasteiger partial charge on any atom is -0.668 e. The van der Waals surface area contributed by atoms with Crippen molar-refractivity contribution in [2.75, 3.05) is 0 Å². The molecule has 0 atom stereocenters. The van der Waals surface area contributed by atoms with Crippen molar-refractivity contribution >= 4 is 65.9 Å².